The topological polar surface area (TPSA) is 109 Å². The fourth-order valence-electron chi connectivity index (χ4n) is 1.81. The summed E-state index contributed by atoms with van der Waals surface area (Å²) < 4.78 is 5.09. The molecule has 0 bridgehead atoms. The maximum atomic E-state index is 9.80. The minimum Gasteiger partial charge on any atom is -0.464 e. The molecule has 0 aliphatic rings. The van der Waals surface area contributed by atoms with Crippen LogP contribution in [-0.2, 0) is 9.59 Å². The predicted molar refractivity (Wildman–Crippen MR) is 91.8 cm³/mol. The Hall–Kier alpha value is -3.66. The van der Waals surface area contributed by atoms with E-state index in [1.165, 1.54) is 6.08 Å². The third-order valence-corrected chi connectivity index (χ3v) is 2.78. The smallest absolute Gasteiger partial charge is 0.240 e. The molecule has 0 atom stereocenters. The fraction of sp³-hybridized carbons (Fsp3) is 0.111. The molecule has 2 aromatic heterocycles. The number of isocyanates is 2. The predicted octanol–water partition coefficient (Wildman–Crippen LogP) is 3.91. The Bertz CT molecular complexity index is 811. The molecule has 0 saturated carbocycles. The quantitative estimate of drug-likeness (QED) is 0.563. The van der Waals surface area contributed by atoms with Gasteiger partial charge in [0.25, 0.3) is 0 Å². The molecule has 1 N–H and O–H groups in total. The third kappa shape index (κ3) is 6.97. The third-order valence-electron chi connectivity index (χ3n) is 2.78. The van der Waals surface area contributed by atoms with Crippen molar-refractivity contribution in [2.45, 2.75) is 13.8 Å². The summed E-state index contributed by atoms with van der Waals surface area (Å²) in [6.45, 7) is 3.56. The van der Waals surface area contributed by atoms with Crippen molar-refractivity contribution in [3.05, 3.63) is 66.4 Å². The lowest BCUT2D eigenvalue weighted by Gasteiger charge is -1.96. The lowest BCUT2D eigenvalue weighted by Crippen LogP contribution is -1.84. The van der Waals surface area contributed by atoms with Crippen LogP contribution in [0.4, 0.5) is 5.69 Å². The summed E-state index contributed by atoms with van der Waals surface area (Å²) in [7, 11) is 0. The first-order chi connectivity index (χ1) is 12.1. The second-order valence-corrected chi connectivity index (χ2v) is 4.54. The van der Waals surface area contributed by atoms with Gasteiger partial charge in [-0.05, 0) is 19.9 Å². The van der Waals surface area contributed by atoms with Gasteiger partial charge in [-0.2, -0.15) is 4.99 Å². The maximum absolute atomic E-state index is 9.80. The Balaban J connectivity index is 0.000000220. The van der Waals surface area contributed by atoms with Crippen LogP contribution in [0.25, 0.3) is 11.4 Å². The van der Waals surface area contributed by atoms with Gasteiger partial charge in [-0.25, -0.2) is 25.0 Å². The molecule has 2 heterocycles. The van der Waals surface area contributed by atoms with Gasteiger partial charge in [-0.3, -0.25) is 0 Å². The zero-order valence-corrected chi connectivity index (χ0v) is 13.8. The summed E-state index contributed by atoms with van der Waals surface area (Å²) in [4.78, 5) is 29.9. The van der Waals surface area contributed by atoms with E-state index in [2.05, 4.69) is 15.0 Å². The highest BCUT2D eigenvalue weighted by Gasteiger charge is 2.00. The number of benzene rings is 1. The number of hydrogen-bond donors (Lipinski definition) is 1. The van der Waals surface area contributed by atoms with Crippen LogP contribution in [0.5, 0.6) is 0 Å². The summed E-state index contributed by atoms with van der Waals surface area (Å²) in [5.41, 5.74) is 1.62. The molecule has 0 saturated heterocycles. The van der Waals surface area contributed by atoms with E-state index in [0.717, 1.165) is 23.2 Å². The Morgan fingerprint density at radius 2 is 1.64 bits per heavy atom. The van der Waals surface area contributed by atoms with Crippen LogP contribution in [0.3, 0.4) is 0 Å². The molecule has 3 aromatic rings. The van der Waals surface area contributed by atoms with Crippen LogP contribution in [-0.4, -0.2) is 22.1 Å². The highest BCUT2D eigenvalue weighted by Crippen LogP contribution is 2.21. The summed E-state index contributed by atoms with van der Waals surface area (Å²) in [5, 5.41) is 5.40. The van der Waals surface area contributed by atoms with Crippen LogP contribution < -0.4 is 0 Å². The SMILES string of the molecule is Cc1cc(N=C=O)c(C)o1.N=C=O.c1ccc(-c2ncccn2)cc1. The van der Waals surface area contributed by atoms with Gasteiger partial charge < -0.3 is 4.42 Å². The van der Waals surface area contributed by atoms with Crippen molar-refractivity contribution in [2.75, 3.05) is 0 Å². The Kier molecular flexibility index (Phi) is 8.50. The number of aliphatic imine (C=N–C) groups is 1. The van der Waals surface area contributed by atoms with Crippen molar-refractivity contribution >= 4 is 17.8 Å². The standard InChI is InChI=1S/C10H8N2.C7H7NO2.CHNO/c1-2-5-9(6-3-1)10-11-7-4-8-12-10;1-5-3-7(8-4-9)6(2)10-5;2-1-3/h1-8H;3H,1-2H3;2H. The maximum Gasteiger partial charge on any atom is 0.240 e. The number of aryl methyl sites for hydroxylation is 2. The number of nitrogens with one attached hydrogen (secondary N) is 1. The van der Waals surface area contributed by atoms with E-state index in [1.807, 2.05) is 36.4 Å². The molecule has 126 valence electrons. The second kappa shape index (κ2) is 11.0. The monoisotopic (exact) mass is 336 g/mol. The van der Waals surface area contributed by atoms with E-state index in [9.17, 15) is 4.79 Å². The first-order valence-corrected chi connectivity index (χ1v) is 7.13. The number of carbonyl (C=O) groups excluding carboxylic acids is 2. The zero-order chi connectivity index (χ0) is 18.5. The molecule has 0 fully saturated rings. The molecular weight excluding hydrogens is 320 g/mol. The van der Waals surface area contributed by atoms with E-state index < -0.39 is 0 Å². The minimum absolute atomic E-state index is 0.563. The zero-order valence-electron chi connectivity index (χ0n) is 13.8. The normalized spacial score (nSPS) is 8.56. The van der Waals surface area contributed by atoms with Crippen LogP contribution in [0.15, 0.2) is 64.3 Å². The first-order valence-electron chi connectivity index (χ1n) is 7.13. The highest BCUT2D eigenvalue weighted by atomic mass is 16.3. The van der Waals surface area contributed by atoms with Crippen LogP contribution in [0.1, 0.15) is 11.5 Å². The number of hydrogen-bond acceptors (Lipinski definition) is 7. The Labute approximate surface area is 144 Å². The van der Waals surface area contributed by atoms with E-state index in [4.69, 9.17) is 14.6 Å². The van der Waals surface area contributed by atoms with Crippen molar-refractivity contribution in [3.8, 4) is 11.4 Å². The number of furan rings is 1. The summed E-state index contributed by atoms with van der Waals surface area (Å²) in [6, 6.07) is 13.4. The number of rotatable bonds is 2. The van der Waals surface area contributed by atoms with Crippen LogP contribution in [0, 0.1) is 19.3 Å². The van der Waals surface area contributed by atoms with Gasteiger partial charge in [0, 0.05) is 24.0 Å². The van der Waals surface area contributed by atoms with E-state index in [0.29, 0.717) is 11.4 Å². The largest absolute Gasteiger partial charge is 0.464 e. The van der Waals surface area contributed by atoms with Gasteiger partial charge in [-0.1, -0.05) is 30.3 Å². The summed E-state index contributed by atoms with van der Waals surface area (Å²) in [6.07, 6.45) is 5.69. The van der Waals surface area contributed by atoms with Gasteiger partial charge >= 0.3 is 0 Å². The molecule has 7 nitrogen and oxygen atoms in total. The molecular formula is C18H16N4O3. The van der Waals surface area contributed by atoms with Crippen molar-refractivity contribution in [3.63, 3.8) is 0 Å². The molecule has 0 amide bonds. The number of aromatic nitrogens is 2. The second-order valence-electron chi connectivity index (χ2n) is 4.54. The highest BCUT2D eigenvalue weighted by molar-refractivity contribution is 5.53. The van der Waals surface area contributed by atoms with E-state index in [1.54, 1.807) is 32.3 Å². The van der Waals surface area contributed by atoms with Crippen molar-refractivity contribution in [1.82, 2.24) is 9.97 Å². The molecule has 0 radical (unpaired) electrons. The molecule has 0 aliphatic carbocycles. The van der Waals surface area contributed by atoms with Crippen molar-refractivity contribution in [1.29, 1.82) is 5.41 Å². The van der Waals surface area contributed by atoms with Crippen molar-refractivity contribution in [2.24, 2.45) is 4.99 Å². The molecule has 7 heteroatoms. The van der Waals surface area contributed by atoms with Gasteiger partial charge in [0.2, 0.25) is 12.2 Å². The average Bonchev–Trinajstić information content (AvgIpc) is 2.95. The molecule has 3 rings (SSSR count). The average molecular weight is 336 g/mol. The van der Waals surface area contributed by atoms with Crippen molar-refractivity contribution < 1.29 is 14.0 Å². The van der Waals surface area contributed by atoms with E-state index in [-0.39, 0.29) is 0 Å². The molecule has 1 aromatic carbocycles. The van der Waals surface area contributed by atoms with Gasteiger partial charge in [-0.15, -0.1) is 0 Å². The fourth-order valence-corrected chi connectivity index (χ4v) is 1.81. The first kappa shape index (κ1) is 19.4. The van der Waals surface area contributed by atoms with Crippen LogP contribution >= 0.6 is 0 Å². The van der Waals surface area contributed by atoms with Gasteiger partial charge in [0.05, 0.1) is 0 Å². The lowest BCUT2D eigenvalue weighted by atomic mass is 10.2. The summed E-state index contributed by atoms with van der Waals surface area (Å²) >= 11 is 0. The minimum atomic E-state index is 0.563. The van der Waals surface area contributed by atoms with Crippen LogP contribution in [0.2, 0.25) is 0 Å². The Morgan fingerprint density at radius 1 is 1.04 bits per heavy atom. The van der Waals surface area contributed by atoms with E-state index >= 15 is 0 Å². The molecule has 0 aliphatic heterocycles. The molecule has 0 spiro atoms. The molecule has 0 unspecified atom stereocenters. The molecule has 25 heavy (non-hydrogen) atoms. The summed E-state index contributed by atoms with van der Waals surface area (Å²) in [5.74, 6) is 2.19. The number of nitrogens with zero attached hydrogens (tertiary/aromatic N) is 3. The lowest BCUT2D eigenvalue weighted by molar-refractivity contribution is 0.505. The Morgan fingerprint density at radius 3 is 2.12 bits per heavy atom. The van der Waals surface area contributed by atoms with Gasteiger partial charge in [0.15, 0.2) is 5.82 Å². The van der Waals surface area contributed by atoms with Gasteiger partial charge in [0.1, 0.15) is 17.2 Å².